The van der Waals surface area contributed by atoms with Crippen molar-refractivity contribution in [2.45, 2.75) is 56.4 Å². The Kier molecular flexibility index (Phi) is 9.65. The molecule has 3 rings (SSSR count). The number of nitrogens with two attached hydrogens (primary N) is 2. The van der Waals surface area contributed by atoms with Crippen molar-refractivity contribution in [2.75, 3.05) is 18.4 Å². The zero-order valence-corrected chi connectivity index (χ0v) is 20.3. The van der Waals surface area contributed by atoms with Crippen molar-refractivity contribution < 1.29 is 27.6 Å². The molecule has 3 amide bonds. The maximum atomic E-state index is 13.1. The summed E-state index contributed by atoms with van der Waals surface area (Å²) in [5.41, 5.74) is 11.8. The van der Waals surface area contributed by atoms with Crippen molar-refractivity contribution in [3.63, 3.8) is 0 Å². The molecular formula is C26H32F3N5O3. The van der Waals surface area contributed by atoms with E-state index in [0.29, 0.717) is 32.4 Å². The minimum Gasteiger partial charge on any atom is -0.343 e. The number of halogens is 3. The molecule has 37 heavy (non-hydrogen) atoms. The third-order valence-corrected chi connectivity index (χ3v) is 6.28. The van der Waals surface area contributed by atoms with E-state index in [1.165, 1.54) is 12.1 Å². The number of benzene rings is 2. The number of hydrogen-bond donors (Lipinski definition) is 4. The topological polar surface area (TPSA) is 131 Å². The lowest BCUT2D eigenvalue weighted by atomic mass is 10.0. The van der Waals surface area contributed by atoms with Gasteiger partial charge < -0.3 is 27.0 Å². The number of alkyl halides is 3. The molecule has 0 saturated carbocycles. The molecule has 2 aromatic carbocycles. The molecule has 0 unspecified atom stereocenters. The normalized spacial score (nSPS) is 16.1. The fraction of sp³-hybridized carbons (Fsp3) is 0.423. The van der Waals surface area contributed by atoms with Crippen molar-refractivity contribution in [3.05, 3.63) is 65.7 Å². The average molecular weight is 520 g/mol. The van der Waals surface area contributed by atoms with Gasteiger partial charge in [0.2, 0.25) is 17.7 Å². The third kappa shape index (κ3) is 8.57. The molecule has 1 saturated heterocycles. The molecular weight excluding hydrogens is 487 g/mol. The Bertz CT molecular complexity index is 1070. The first kappa shape index (κ1) is 28.1. The lowest BCUT2D eigenvalue weighted by molar-refractivity contribution is -0.137. The summed E-state index contributed by atoms with van der Waals surface area (Å²) in [5.74, 6) is -1.66. The van der Waals surface area contributed by atoms with Crippen LogP contribution in [0.5, 0.6) is 0 Å². The number of nitrogens with zero attached hydrogens (tertiary/aromatic N) is 1. The van der Waals surface area contributed by atoms with Gasteiger partial charge in [-0.1, -0.05) is 36.4 Å². The summed E-state index contributed by atoms with van der Waals surface area (Å²) in [6, 6.07) is 11.2. The molecule has 0 bridgehead atoms. The van der Waals surface area contributed by atoms with Crippen molar-refractivity contribution in [1.29, 1.82) is 0 Å². The molecule has 2 atom stereocenters. The molecule has 1 heterocycles. The number of piperidine rings is 1. The largest absolute Gasteiger partial charge is 0.416 e. The first-order valence-corrected chi connectivity index (χ1v) is 12.1. The van der Waals surface area contributed by atoms with Gasteiger partial charge in [0, 0.05) is 24.8 Å². The van der Waals surface area contributed by atoms with E-state index in [9.17, 15) is 27.6 Å². The van der Waals surface area contributed by atoms with Crippen molar-refractivity contribution in [3.8, 4) is 0 Å². The maximum absolute atomic E-state index is 13.1. The summed E-state index contributed by atoms with van der Waals surface area (Å²) in [6.07, 6.45) is -2.87. The number of carbonyl (C=O) groups excluding carboxylic acids is 3. The van der Waals surface area contributed by atoms with E-state index in [1.54, 1.807) is 4.90 Å². The number of hydrogen-bond acceptors (Lipinski definition) is 5. The van der Waals surface area contributed by atoms with Gasteiger partial charge in [-0.15, -0.1) is 0 Å². The second kappa shape index (κ2) is 12.7. The number of amides is 3. The van der Waals surface area contributed by atoms with Gasteiger partial charge >= 0.3 is 6.18 Å². The van der Waals surface area contributed by atoms with Crippen LogP contribution in [0.4, 0.5) is 18.9 Å². The lowest BCUT2D eigenvalue weighted by Gasteiger charge is -2.31. The van der Waals surface area contributed by atoms with Crippen molar-refractivity contribution >= 4 is 23.4 Å². The average Bonchev–Trinajstić information content (AvgIpc) is 2.87. The van der Waals surface area contributed by atoms with Gasteiger partial charge in [-0.2, -0.15) is 13.2 Å². The number of anilines is 1. The SMILES string of the molecule is NC1CCN(C(=O)C[C@H](N)C(=O)N[C@@H](CCc2ccccc2)C(=O)Nc2cccc(C(F)(F)F)c2)CC1. The van der Waals surface area contributed by atoms with E-state index in [4.69, 9.17) is 11.5 Å². The van der Waals surface area contributed by atoms with E-state index in [0.717, 1.165) is 17.7 Å². The molecule has 2 aromatic rings. The quantitative estimate of drug-likeness (QED) is 0.404. The summed E-state index contributed by atoms with van der Waals surface area (Å²) in [7, 11) is 0. The van der Waals surface area contributed by atoms with Crippen molar-refractivity contribution in [1.82, 2.24) is 10.2 Å². The highest BCUT2D eigenvalue weighted by Gasteiger charge is 2.31. The number of rotatable bonds is 9. The molecule has 0 aliphatic carbocycles. The standard InChI is InChI=1S/C26H32F3N5O3/c27-26(28,29)18-7-4-8-20(15-18)32-25(37)22(10-9-17-5-2-1-3-6-17)33-24(36)21(31)16-23(35)34-13-11-19(30)12-14-34/h1-8,15,19,21-22H,9-14,16,30-31H2,(H,32,37)(H,33,36)/t21-,22-/m0/s1. The summed E-state index contributed by atoms with van der Waals surface area (Å²) >= 11 is 0. The highest BCUT2D eigenvalue weighted by atomic mass is 19.4. The van der Waals surface area contributed by atoms with E-state index < -0.39 is 35.6 Å². The van der Waals surface area contributed by atoms with E-state index in [2.05, 4.69) is 10.6 Å². The van der Waals surface area contributed by atoms with Gasteiger partial charge in [0.05, 0.1) is 18.0 Å². The highest BCUT2D eigenvalue weighted by Crippen LogP contribution is 2.30. The molecule has 0 spiro atoms. The number of aryl methyl sites for hydroxylation is 1. The molecule has 1 aliphatic rings. The Morgan fingerprint density at radius 3 is 2.32 bits per heavy atom. The number of nitrogens with one attached hydrogen (secondary N) is 2. The maximum Gasteiger partial charge on any atom is 0.416 e. The Morgan fingerprint density at radius 1 is 1.00 bits per heavy atom. The highest BCUT2D eigenvalue weighted by molar-refractivity contribution is 5.98. The van der Waals surface area contributed by atoms with E-state index in [1.807, 2.05) is 30.3 Å². The van der Waals surface area contributed by atoms with Crippen LogP contribution in [-0.2, 0) is 27.0 Å². The van der Waals surface area contributed by atoms with Gasteiger partial charge in [0.25, 0.3) is 0 Å². The molecule has 1 aliphatic heterocycles. The molecule has 0 aromatic heterocycles. The zero-order valence-electron chi connectivity index (χ0n) is 20.3. The third-order valence-electron chi connectivity index (χ3n) is 6.28. The monoisotopic (exact) mass is 519 g/mol. The number of carbonyl (C=O) groups is 3. The van der Waals surface area contributed by atoms with Crippen LogP contribution in [0.25, 0.3) is 0 Å². The number of likely N-dealkylation sites (tertiary alicyclic amines) is 1. The molecule has 11 heteroatoms. The van der Waals surface area contributed by atoms with Gasteiger partial charge in [-0.05, 0) is 49.4 Å². The predicted octanol–water partition coefficient (Wildman–Crippen LogP) is 2.43. The van der Waals surface area contributed by atoms with Crippen molar-refractivity contribution in [2.24, 2.45) is 11.5 Å². The minimum absolute atomic E-state index is 0.0433. The first-order chi connectivity index (χ1) is 17.5. The molecule has 0 radical (unpaired) electrons. The second-order valence-corrected chi connectivity index (χ2v) is 9.18. The van der Waals surface area contributed by atoms with Crippen LogP contribution < -0.4 is 22.1 Å². The smallest absolute Gasteiger partial charge is 0.343 e. The predicted molar refractivity (Wildman–Crippen MR) is 133 cm³/mol. The van der Waals surface area contributed by atoms with Crippen LogP contribution in [0.3, 0.4) is 0 Å². The lowest BCUT2D eigenvalue weighted by Crippen LogP contribution is -2.52. The van der Waals surface area contributed by atoms with Crippen LogP contribution in [0.1, 0.15) is 36.8 Å². The van der Waals surface area contributed by atoms with Crippen LogP contribution in [-0.4, -0.2) is 53.8 Å². The summed E-state index contributed by atoms with van der Waals surface area (Å²) in [4.78, 5) is 40.0. The Labute approximate surface area is 213 Å². The minimum atomic E-state index is -4.57. The summed E-state index contributed by atoms with van der Waals surface area (Å²) in [6.45, 7) is 0.987. The fourth-order valence-corrected chi connectivity index (χ4v) is 4.06. The zero-order chi connectivity index (χ0) is 27.0. The summed E-state index contributed by atoms with van der Waals surface area (Å²) < 4.78 is 39.2. The molecule has 8 nitrogen and oxygen atoms in total. The Morgan fingerprint density at radius 2 is 1.68 bits per heavy atom. The van der Waals surface area contributed by atoms with Crippen LogP contribution in [0, 0.1) is 0 Å². The van der Waals surface area contributed by atoms with Gasteiger partial charge in [0.15, 0.2) is 0 Å². The van der Waals surface area contributed by atoms with Gasteiger partial charge in [0.1, 0.15) is 6.04 Å². The molecule has 1 fully saturated rings. The molecule has 200 valence electrons. The van der Waals surface area contributed by atoms with Gasteiger partial charge in [-0.25, -0.2) is 0 Å². The van der Waals surface area contributed by atoms with Gasteiger partial charge in [-0.3, -0.25) is 14.4 Å². The Balaban J connectivity index is 1.66. The van der Waals surface area contributed by atoms with Crippen LogP contribution in [0.15, 0.2) is 54.6 Å². The van der Waals surface area contributed by atoms with Crippen LogP contribution >= 0.6 is 0 Å². The molecule has 6 N–H and O–H groups in total. The van der Waals surface area contributed by atoms with E-state index in [-0.39, 0.29) is 30.5 Å². The van der Waals surface area contributed by atoms with Crippen LogP contribution in [0.2, 0.25) is 0 Å². The Hall–Kier alpha value is -3.44. The first-order valence-electron chi connectivity index (χ1n) is 12.1. The second-order valence-electron chi connectivity index (χ2n) is 9.18. The summed E-state index contributed by atoms with van der Waals surface area (Å²) in [5, 5.41) is 5.03. The fourth-order valence-electron chi connectivity index (χ4n) is 4.06. The van der Waals surface area contributed by atoms with E-state index >= 15 is 0 Å².